The lowest BCUT2D eigenvalue weighted by Gasteiger charge is -2.29. The van der Waals surface area contributed by atoms with Crippen molar-refractivity contribution in [2.45, 2.75) is 45.3 Å². The first-order chi connectivity index (χ1) is 12.2. The molecule has 0 amide bonds. The van der Waals surface area contributed by atoms with Gasteiger partial charge in [0, 0.05) is 49.1 Å². The van der Waals surface area contributed by atoms with Gasteiger partial charge in [0.15, 0.2) is 0 Å². The molecule has 1 fully saturated rings. The van der Waals surface area contributed by atoms with E-state index in [1.54, 1.807) is 7.11 Å². The number of rotatable bonds is 4. The van der Waals surface area contributed by atoms with Crippen LogP contribution in [0.4, 0.5) is 0 Å². The molecule has 0 radical (unpaired) electrons. The molecular formula is C20H26N4O. The van der Waals surface area contributed by atoms with E-state index < -0.39 is 0 Å². The van der Waals surface area contributed by atoms with Crippen molar-refractivity contribution in [2.75, 3.05) is 20.2 Å². The van der Waals surface area contributed by atoms with Gasteiger partial charge < -0.3 is 10.1 Å². The summed E-state index contributed by atoms with van der Waals surface area (Å²) < 4.78 is 5.55. The molecule has 0 saturated carbocycles. The predicted molar refractivity (Wildman–Crippen MR) is 97.6 cm³/mol. The lowest BCUT2D eigenvalue weighted by Crippen LogP contribution is -2.31. The minimum absolute atomic E-state index is 0.347. The van der Waals surface area contributed by atoms with Crippen LogP contribution in [0.5, 0.6) is 5.75 Å². The molecule has 0 bridgehead atoms. The summed E-state index contributed by atoms with van der Waals surface area (Å²) in [5, 5.41) is 3.49. The van der Waals surface area contributed by atoms with E-state index >= 15 is 0 Å². The Balaban J connectivity index is 1.48. The average molecular weight is 338 g/mol. The van der Waals surface area contributed by atoms with Crippen molar-refractivity contribution in [3.05, 3.63) is 52.6 Å². The molecule has 3 heterocycles. The number of hydrogen-bond acceptors (Lipinski definition) is 5. The van der Waals surface area contributed by atoms with Crippen LogP contribution in [0, 0.1) is 6.92 Å². The second kappa shape index (κ2) is 7.10. The van der Waals surface area contributed by atoms with Crippen molar-refractivity contribution in [1.82, 2.24) is 20.2 Å². The monoisotopic (exact) mass is 338 g/mol. The van der Waals surface area contributed by atoms with Crippen LogP contribution in [0.1, 0.15) is 47.1 Å². The smallest absolute Gasteiger partial charge is 0.145 e. The summed E-state index contributed by atoms with van der Waals surface area (Å²) in [6.45, 7) is 6.01. The van der Waals surface area contributed by atoms with Gasteiger partial charge >= 0.3 is 0 Å². The molecule has 5 heteroatoms. The number of methoxy groups -OCH3 is 1. The van der Waals surface area contributed by atoms with Gasteiger partial charge in [0.25, 0.3) is 0 Å². The number of fused-ring (bicyclic) bond motifs is 1. The summed E-state index contributed by atoms with van der Waals surface area (Å²) in [4.78, 5) is 11.9. The highest BCUT2D eigenvalue weighted by Gasteiger charge is 2.23. The first-order valence-corrected chi connectivity index (χ1v) is 9.17. The Bertz CT molecular complexity index is 755. The van der Waals surface area contributed by atoms with Gasteiger partial charge in [-0.3, -0.25) is 4.90 Å². The SMILES string of the molecule is COc1cc(C)ccc1CN1CCc2nc(C3CCCN3)ncc2C1. The minimum atomic E-state index is 0.347. The number of benzene rings is 1. The van der Waals surface area contributed by atoms with E-state index in [1.807, 2.05) is 6.20 Å². The lowest BCUT2D eigenvalue weighted by atomic mass is 10.0. The Morgan fingerprint density at radius 2 is 2.28 bits per heavy atom. The average Bonchev–Trinajstić information content (AvgIpc) is 3.17. The maximum Gasteiger partial charge on any atom is 0.145 e. The van der Waals surface area contributed by atoms with Gasteiger partial charge in [0.1, 0.15) is 11.6 Å². The number of aryl methyl sites for hydroxylation is 1. The topological polar surface area (TPSA) is 50.3 Å². The van der Waals surface area contributed by atoms with E-state index in [4.69, 9.17) is 9.72 Å². The number of nitrogens with zero attached hydrogens (tertiary/aromatic N) is 3. The summed E-state index contributed by atoms with van der Waals surface area (Å²) in [6.07, 6.45) is 5.40. The Hall–Kier alpha value is -1.98. The summed E-state index contributed by atoms with van der Waals surface area (Å²) in [5.41, 5.74) is 4.96. The number of nitrogens with one attached hydrogen (secondary N) is 1. The van der Waals surface area contributed by atoms with Crippen LogP contribution >= 0.6 is 0 Å². The van der Waals surface area contributed by atoms with E-state index in [0.717, 1.165) is 50.6 Å². The zero-order chi connectivity index (χ0) is 17.2. The molecule has 0 aliphatic carbocycles. The predicted octanol–water partition coefficient (Wildman–Crippen LogP) is 2.78. The van der Waals surface area contributed by atoms with Gasteiger partial charge in [-0.05, 0) is 37.9 Å². The molecule has 2 aromatic rings. The molecule has 4 rings (SSSR count). The molecule has 2 aliphatic heterocycles. The van der Waals surface area contributed by atoms with Gasteiger partial charge in [-0.2, -0.15) is 0 Å². The summed E-state index contributed by atoms with van der Waals surface area (Å²) >= 11 is 0. The Morgan fingerprint density at radius 1 is 1.36 bits per heavy atom. The van der Waals surface area contributed by atoms with Crippen molar-refractivity contribution in [2.24, 2.45) is 0 Å². The summed E-state index contributed by atoms with van der Waals surface area (Å²) in [6, 6.07) is 6.78. The van der Waals surface area contributed by atoms with Gasteiger partial charge in [-0.1, -0.05) is 12.1 Å². The second-order valence-corrected chi connectivity index (χ2v) is 7.13. The quantitative estimate of drug-likeness (QED) is 0.929. The Morgan fingerprint density at radius 3 is 3.08 bits per heavy atom. The highest BCUT2D eigenvalue weighted by Crippen LogP contribution is 2.26. The molecule has 132 valence electrons. The third-order valence-electron chi connectivity index (χ3n) is 5.24. The molecule has 1 aromatic carbocycles. The molecule has 5 nitrogen and oxygen atoms in total. The normalized spacial score (nSPS) is 20.5. The van der Waals surface area contributed by atoms with Gasteiger partial charge in [-0.25, -0.2) is 9.97 Å². The molecule has 1 aromatic heterocycles. The molecule has 0 spiro atoms. The second-order valence-electron chi connectivity index (χ2n) is 7.13. The first kappa shape index (κ1) is 16.5. The largest absolute Gasteiger partial charge is 0.496 e. The number of aromatic nitrogens is 2. The molecule has 1 atom stereocenters. The first-order valence-electron chi connectivity index (χ1n) is 9.17. The van der Waals surface area contributed by atoms with E-state index in [9.17, 15) is 0 Å². The number of hydrogen-bond donors (Lipinski definition) is 1. The maximum atomic E-state index is 5.55. The molecule has 25 heavy (non-hydrogen) atoms. The van der Waals surface area contributed by atoms with Gasteiger partial charge in [-0.15, -0.1) is 0 Å². The van der Waals surface area contributed by atoms with E-state index in [1.165, 1.54) is 28.8 Å². The lowest BCUT2D eigenvalue weighted by molar-refractivity contribution is 0.238. The summed E-state index contributed by atoms with van der Waals surface area (Å²) in [5.74, 6) is 1.95. The molecule has 2 aliphatic rings. The highest BCUT2D eigenvalue weighted by molar-refractivity contribution is 5.37. The number of ether oxygens (including phenoxy) is 1. The fourth-order valence-corrected chi connectivity index (χ4v) is 3.82. The van der Waals surface area contributed by atoms with Crippen LogP contribution in [0.25, 0.3) is 0 Å². The van der Waals surface area contributed by atoms with Crippen LogP contribution in [-0.4, -0.2) is 35.1 Å². The van der Waals surface area contributed by atoms with Crippen LogP contribution in [0.3, 0.4) is 0 Å². The summed E-state index contributed by atoms with van der Waals surface area (Å²) in [7, 11) is 1.75. The van der Waals surface area contributed by atoms with Crippen LogP contribution in [0.2, 0.25) is 0 Å². The van der Waals surface area contributed by atoms with Gasteiger partial charge in [0.05, 0.1) is 13.2 Å². The van der Waals surface area contributed by atoms with Crippen molar-refractivity contribution in [1.29, 1.82) is 0 Å². The van der Waals surface area contributed by atoms with Crippen molar-refractivity contribution < 1.29 is 4.74 Å². The Labute approximate surface area is 149 Å². The zero-order valence-corrected chi connectivity index (χ0v) is 15.1. The third kappa shape index (κ3) is 3.53. The van der Waals surface area contributed by atoms with E-state index in [0.29, 0.717) is 6.04 Å². The van der Waals surface area contributed by atoms with Crippen LogP contribution < -0.4 is 10.1 Å². The van der Waals surface area contributed by atoms with Crippen LogP contribution in [0.15, 0.2) is 24.4 Å². The van der Waals surface area contributed by atoms with Gasteiger partial charge in [0.2, 0.25) is 0 Å². The molecule has 1 saturated heterocycles. The maximum absolute atomic E-state index is 5.55. The molecule has 1 unspecified atom stereocenters. The molecular weight excluding hydrogens is 312 g/mol. The highest BCUT2D eigenvalue weighted by atomic mass is 16.5. The van der Waals surface area contributed by atoms with Crippen LogP contribution in [-0.2, 0) is 19.5 Å². The minimum Gasteiger partial charge on any atom is -0.496 e. The Kier molecular flexibility index (Phi) is 4.68. The zero-order valence-electron chi connectivity index (χ0n) is 15.1. The fourth-order valence-electron chi connectivity index (χ4n) is 3.82. The van der Waals surface area contributed by atoms with Crippen molar-refractivity contribution >= 4 is 0 Å². The van der Waals surface area contributed by atoms with E-state index in [-0.39, 0.29) is 0 Å². The van der Waals surface area contributed by atoms with E-state index in [2.05, 4.69) is 40.3 Å². The van der Waals surface area contributed by atoms with Crippen molar-refractivity contribution in [3.63, 3.8) is 0 Å². The van der Waals surface area contributed by atoms with Crippen molar-refractivity contribution in [3.8, 4) is 5.75 Å². The standard InChI is InChI=1S/C20H26N4O/c1-14-5-6-15(19(10-14)25-2)12-24-9-7-17-16(13-24)11-22-20(23-17)18-4-3-8-21-18/h5-6,10-11,18,21H,3-4,7-9,12-13H2,1-2H3. The fraction of sp³-hybridized carbons (Fsp3) is 0.500. The molecule has 1 N–H and O–H groups in total. The third-order valence-corrected chi connectivity index (χ3v) is 5.24.